The SMILES string of the molecule is O=C(Nc1cccc(O)c1)C(=O)Nc1ccccc1F. The maximum atomic E-state index is 13.3. The number of aromatic hydroxyl groups is 1. The number of rotatable bonds is 2. The largest absolute Gasteiger partial charge is 0.508 e. The zero-order valence-corrected chi connectivity index (χ0v) is 10.3. The van der Waals surface area contributed by atoms with Crippen molar-refractivity contribution < 1.29 is 19.1 Å². The Morgan fingerprint density at radius 2 is 1.65 bits per heavy atom. The summed E-state index contributed by atoms with van der Waals surface area (Å²) in [6, 6.07) is 11.2. The highest BCUT2D eigenvalue weighted by Crippen LogP contribution is 2.16. The Hall–Kier alpha value is -2.89. The number of halogens is 1. The van der Waals surface area contributed by atoms with Gasteiger partial charge >= 0.3 is 11.8 Å². The van der Waals surface area contributed by atoms with Crippen LogP contribution in [-0.4, -0.2) is 16.9 Å². The van der Waals surface area contributed by atoms with Crippen molar-refractivity contribution in [2.75, 3.05) is 10.6 Å². The molecule has 0 aliphatic heterocycles. The van der Waals surface area contributed by atoms with Crippen LogP contribution in [0.2, 0.25) is 0 Å². The fourth-order valence-electron chi connectivity index (χ4n) is 1.51. The molecule has 2 amide bonds. The van der Waals surface area contributed by atoms with Crippen LogP contribution >= 0.6 is 0 Å². The van der Waals surface area contributed by atoms with Gasteiger partial charge in [0.1, 0.15) is 11.6 Å². The smallest absolute Gasteiger partial charge is 0.314 e. The van der Waals surface area contributed by atoms with E-state index in [4.69, 9.17) is 0 Å². The van der Waals surface area contributed by atoms with E-state index in [0.29, 0.717) is 0 Å². The van der Waals surface area contributed by atoms with E-state index in [1.54, 1.807) is 0 Å². The van der Waals surface area contributed by atoms with Gasteiger partial charge in [-0.3, -0.25) is 9.59 Å². The number of carbonyl (C=O) groups excluding carboxylic acids is 2. The van der Waals surface area contributed by atoms with Crippen molar-refractivity contribution in [2.45, 2.75) is 0 Å². The zero-order chi connectivity index (χ0) is 14.5. The minimum Gasteiger partial charge on any atom is -0.508 e. The van der Waals surface area contributed by atoms with Crippen LogP contribution in [0.1, 0.15) is 0 Å². The zero-order valence-electron chi connectivity index (χ0n) is 10.3. The van der Waals surface area contributed by atoms with Crippen LogP contribution in [0.4, 0.5) is 15.8 Å². The number of hydrogen-bond acceptors (Lipinski definition) is 3. The first-order chi connectivity index (χ1) is 9.56. The van der Waals surface area contributed by atoms with Gasteiger partial charge in [0.2, 0.25) is 0 Å². The summed E-state index contributed by atoms with van der Waals surface area (Å²) in [4.78, 5) is 23.2. The Balaban J connectivity index is 2.03. The third kappa shape index (κ3) is 3.32. The van der Waals surface area contributed by atoms with Gasteiger partial charge in [-0.25, -0.2) is 4.39 Å². The molecule has 2 aromatic carbocycles. The maximum absolute atomic E-state index is 13.3. The summed E-state index contributed by atoms with van der Waals surface area (Å²) in [5.41, 5.74) is 0.183. The van der Waals surface area contributed by atoms with Gasteiger partial charge in [-0.2, -0.15) is 0 Å². The van der Waals surface area contributed by atoms with Crippen LogP contribution in [0.3, 0.4) is 0 Å². The van der Waals surface area contributed by atoms with Gasteiger partial charge in [-0.1, -0.05) is 18.2 Å². The van der Waals surface area contributed by atoms with Crippen LogP contribution in [0.5, 0.6) is 5.75 Å². The molecule has 0 aliphatic rings. The number of hydrogen-bond donors (Lipinski definition) is 3. The average molecular weight is 274 g/mol. The molecule has 0 aliphatic carbocycles. The lowest BCUT2D eigenvalue weighted by Gasteiger charge is -2.07. The standard InChI is InChI=1S/C14H11FN2O3/c15-11-6-1-2-7-12(11)17-14(20)13(19)16-9-4-3-5-10(18)8-9/h1-8,18H,(H,16,19)(H,17,20). The molecule has 2 aromatic rings. The fourth-order valence-corrected chi connectivity index (χ4v) is 1.51. The van der Waals surface area contributed by atoms with Gasteiger partial charge in [0.05, 0.1) is 5.69 Å². The lowest BCUT2D eigenvalue weighted by molar-refractivity contribution is -0.133. The predicted octanol–water partition coefficient (Wildman–Crippen LogP) is 2.11. The Kier molecular flexibility index (Phi) is 3.95. The number of carbonyl (C=O) groups is 2. The van der Waals surface area contributed by atoms with Crippen molar-refractivity contribution in [3.05, 3.63) is 54.3 Å². The van der Waals surface area contributed by atoms with E-state index in [0.717, 1.165) is 0 Å². The third-order valence-corrected chi connectivity index (χ3v) is 2.43. The highest BCUT2D eigenvalue weighted by molar-refractivity contribution is 6.43. The van der Waals surface area contributed by atoms with E-state index in [-0.39, 0.29) is 17.1 Å². The van der Waals surface area contributed by atoms with Crippen LogP contribution in [0, 0.1) is 5.82 Å². The van der Waals surface area contributed by atoms with Gasteiger partial charge in [0, 0.05) is 11.8 Å². The number of nitrogens with one attached hydrogen (secondary N) is 2. The fraction of sp³-hybridized carbons (Fsp3) is 0. The first-order valence-corrected chi connectivity index (χ1v) is 5.72. The van der Waals surface area contributed by atoms with Crippen molar-refractivity contribution >= 4 is 23.2 Å². The van der Waals surface area contributed by atoms with E-state index >= 15 is 0 Å². The van der Waals surface area contributed by atoms with E-state index < -0.39 is 17.6 Å². The molecule has 6 heteroatoms. The van der Waals surface area contributed by atoms with Gasteiger partial charge in [-0.05, 0) is 24.3 Å². The molecule has 0 heterocycles. The second-order valence-corrected chi connectivity index (χ2v) is 3.94. The highest BCUT2D eigenvalue weighted by Gasteiger charge is 2.15. The van der Waals surface area contributed by atoms with Crippen molar-refractivity contribution in [1.82, 2.24) is 0 Å². The molecule has 0 aromatic heterocycles. The molecule has 0 radical (unpaired) electrons. The summed E-state index contributed by atoms with van der Waals surface area (Å²) in [6.07, 6.45) is 0. The lowest BCUT2D eigenvalue weighted by Crippen LogP contribution is -2.29. The third-order valence-electron chi connectivity index (χ3n) is 2.43. The van der Waals surface area contributed by atoms with E-state index in [1.165, 1.54) is 48.5 Å². The highest BCUT2D eigenvalue weighted by atomic mass is 19.1. The summed E-state index contributed by atoms with van der Waals surface area (Å²) in [6.45, 7) is 0. The lowest BCUT2D eigenvalue weighted by atomic mass is 10.3. The summed E-state index contributed by atoms with van der Waals surface area (Å²) >= 11 is 0. The molecule has 0 atom stereocenters. The Morgan fingerprint density at radius 3 is 2.35 bits per heavy atom. The van der Waals surface area contributed by atoms with Crippen molar-refractivity contribution in [2.24, 2.45) is 0 Å². The summed E-state index contributed by atoms with van der Waals surface area (Å²) in [7, 11) is 0. The van der Waals surface area contributed by atoms with Crippen molar-refractivity contribution in [3.8, 4) is 5.75 Å². The average Bonchev–Trinajstić information content (AvgIpc) is 2.41. The molecule has 3 N–H and O–H groups in total. The van der Waals surface area contributed by atoms with Crippen LogP contribution in [0.25, 0.3) is 0 Å². The molecule has 0 unspecified atom stereocenters. The number of amides is 2. The van der Waals surface area contributed by atoms with Gasteiger partial charge in [-0.15, -0.1) is 0 Å². The minimum atomic E-state index is -1.00. The molecular formula is C14H11FN2O3. The molecule has 2 rings (SSSR count). The Morgan fingerprint density at radius 1 is 0.950 bits per heavy atom. The van der Waals surface area contributed by atoms with Gasteiger partial charge in [0.15, 0.2) is 0 Å². The Bertz CT molecular complexity index is 658. The Labute approximate surface area is 114 Å². The number of anilines is 2. The van der Waals surface area contributed by atoms with Crippen molar-refractivity contribution in [3.63, 3.8) is 0 Å². The first-order valence-electron chi connectivity index (χ1n) is 5.72. The van der Waals surface area contributed by atoms with E-state index in [9.17, 15) is 19.1 Å². The number of benzene rings is 2. The molecule has 0 fully saturated rings. The predicted molar refractivity (Wildman–Crippen MR) is 71.8 cm³/mol. The van der Waals surface area contributed by atoms with E-state index in [1.807, 2.05) is 0 Å². The summed E-state index contributed by atoms with van der Waals surface area (Å²) in [5.74, 6) is -2.64. The van der Waals surface area contributed by atoms with Crippen molar-refractivity contribution in [1.29, 1.82) is 0 Å². The van der Waals surface area contributed by atoms with E-state index in [2.05, 4.69) is 10.6 Å². The number of phenols is 1. The van der Waals surface area contributed by atoms with Gasteiger partial charge < -0.3 is 15.7 Å². The molecular weight excluding hydrogens is 263 g/mol. The number of para-hydroxylation sites is 1. The second kappa shape index (κ2) is 5.83. The quantitative estimate of drug-likeness (QED) is 0.734. The molecule has 20 heavy (non-hydrogen) atoms. The summed E-state index contributed by atoms with van der Waals surface area (Å²) in [5, 5.41) is 13.7. The van der Waals surface area contributed by atoms with Crippen LogP contribution in [-0.2, 0) is 9.59 Å². The normalized spacial score (nSPS) is 9.85. The molecule has 0 bridgehead atoms. The van der Waals surface area contributed by atoms with Gasteiger partial charge in [0.25, 0.3) is 0 Å². The first kappa shape index (κ1) is 13.5. The molecule has 0 saturated heterocycles. The molecule has 0 spiro atoms. The summed E-state index contributed by atoms with van der Waals surface area (Å²) < 4.78 is 13.3. The molecule has 0 saturated carbocycles. The minimum absolute atomic E-state index is 0.0442. The van der Waals surface area contributed by atoms with Crippen LogP contribution < -0.4 is 10.6 Å². The number of phenolic OH excluding ortho intramolecular Hbond substituents is 1. The maximum Gasteiger partial charge on any atom is 0.314 e. The molecule has 5 nitrogen and oxygen atoms in total. The van der Waals surface area contributed by atoms with Crippen LogP contribution in [0.15, 0.2) is 48.5 Å². The molecule has 102 valence electrons. The second-order valence-electron chi connectivity index (χ2n) is 3.94. The monoisotopic (exact) mass is 274 g/mol. The topological polar surface area (TPSA) is 78.4 Å².